The Morgan fingerprint density at radius 1 is 1.57 bits per heavy atom. The van der Waals surface area contributed by atoms with Crippen molar-refractivity contribution in [3.05, 3.63) is 45.6 Å². The second-order valence-electron chi connectivity index (χ2n) is 5.17. The van der Waals surface area contributed by atoms with Crippen molar-refractivity contribution in [3.63, 3.8) is 0 Å². The molecule has 3 N–H and O–H groups in total. The summed E-state index contributed by atoms with van der Waals surface area (Å²) in [5.41, 5.74) is 7.64. The summed E-state index contributed by atoms with van der Waals surface area (Å²) in [5, 5.41) is 11.0. The predicted octanol–water partition coefficient (Wildman–Crippen LogP) is 1.63. The molecule has 1 saturated heterocycles. The Morgan fingerprint density at radius 3 is 3.00 bits per heavy atom. The van der Waals surface area contributed by atoms with Gasteiger partial charge in [-0.2, -0.15) is 0 Å². The van der Waals surface area contributed by atoms with Gasteiger partial charge < -0.3 is 10.8 Å². The highest BCUT2D eigenvalue weighted by Gasteiger charge is 2.51. The molecule has 23 heavy (non-hydrogen) atoms. The van der Waals surface area contributed by atoms with Crippen LogP contribution in [0.15, 0.2) is 34.3 Å². The lowest BCUT2D eigenvalue weighted by molar-refractivity contribution is -0.147. The maximum atomic E-state index is 11.8. The van der Waals surface area contributed by atoms with E-state index in [2.05, 4.69) is 4.98 Å². The third kappa shape index (κ3) is 3.01. The summed E-state index contributed by atoms with van der Waals surface area (Å²) in [6.07, 6.45) is 3.62. The highest BCUT2D eigenvalue weighted by atomic mass is 32.2. The number of carbonyl (C=O) groups is 2. The number of carboxylic acid groups (broad SMARTS) is 1. The molecule has 8 heteroatoms. The monoisotopic (exact) mass is 349 g/mol. The van der Waals surface area contributed by atoms with Gasteiger partial charge >= 0.3 is 5.97 Å². The standard InChI is InChI=1S/C15H15N3O3S2/c1-8-2-3-9(6-17-8)4-5-22-10-7-23-14-11(16)13(19)18(14)12(10)15(20)21/h2-6,11,14H,7,16H2,1H3,(H,20,21)/b5-4-/t11?,14-/m0/s1. The zero-order valence-electron chi connectivity index (χ0n) is 12.3. The largest absolute Gasteiger partial charge is 0.477 e. The molecule has 2 atom stereocenters. The molecule has 120 valence electrons. The molecule has 3 heterocycles. The summed E-state index contributed by atoms with van der Waals surface area (Å²) in [4.78, 5) is 29.5. The second kappa shape index (κ2) is 6.38. The Morgan fingerprint density at radius 2 is 2.35 bits per heavy atom. The number of nitrogens with zero attached hydrogens (tertiary/aromatic N) is 2. The van der Waals surface area contributed by atoms with E-state index in [9.17, 15) is 14.7 Å². The molecule has 1 fully saturated rings. The van der Waals surface area contributed by atoms with E-state index in [1.54, 1.807) is 6.20 Å². The van der Waals surface area contributed by atoms with Crippen LogP contribution in [0.3, 0.4) is 0 Å². The van der Waals surface area contributed by atoms with Gasteiger partial charge in [-0.25, -0.2) is 4.79 Å². The fourth-order valence-electron chi connectivity index (χ4n) is 2.35. The molecule has 3 rings (SSSR count). The van der Waals surface area contributed by atoms with Crippen LogP contribution in [-0.2, 0) is 9.59 Å². The number of aliphatic carboxylic acids is 1. The molecule has 2 aliphatic rings. The number of carbonyl (C=O) groups excluding carboxylic acids is 1. The van der Waals surface area contributed by atoms with Crippen molar-refractivity contribution in [2.24, 2.45) is 5.73 Å². The molecule has 0 bridgehead atoms. The fraction of sp³-hybridized carbons (Fsp3) is 0.267. The van der Waals surface area contributed by atoms with Crippen molar-refractivity contribution >= 4 is 41.5 Å². The van der Waals surface area contributed by atoms with Crippen LogP contribution in [-0.4, -0.2) is 44.0 Å². The molecule has 0 spiro atoms. The van der Waals surface area contributed by atoms with Gasteiger partial charge in [0.1, 0.15) is 17.1 Å². The Hall–Kier alpha value is -1.77. The molecule has 1 aromatic heterocycles. The minimum Gasteiger partial charge on any atom is -0.477 e. The van der Waals surface area contributed by atoms with Crippen LogP contribution in [0.1, 0.15) is 11.3 Å². The van der Waals surface area contributed by atoms with Gasteiger partial charge in [0.15, 0.2) is 0 Å². The number of fused-ring (bicyclic) bond motifs is 1. The van der Waals surface area contributed by atoms with Crippen molar-refractivity contribution in [2.45, 2.75) is 18.3 Å². The summed E-state index contributed by atoms with van der Waals surface area (Å²) in [5.74, 6) is -0.891. The Bertz CT molecular complexity index is 715. The molecule has 0 aromatic carbocycles. The number of β-lactam (4-membered cyclic amide) rings is 1. The van der Waals surface area contributed by atoms with Crippen LogP contribution in [0.25, 0.3) is 6.08 Å². The van der Waals surface area contributed by atoms with Gasteiger partial charge in [-0.05, 0) is 30.0 Å². The fourth-order valence-corrected chi connectivity index (χ4v) is 4.65. The first kappa shape index (κ1) is 16.1. The summed E-state index contributed by atoms with van der Waals surface area (Å²) >= 11 is 2.80. The molecule has 0 saturated carbocycles. The van der Waals surface area contributed by atoms with E-state index in [0.717, 1.165) is 11.3 Å². The van der Waals surface area contributed by atoms with E-state index in [1.165, 1.54) is 28.4 Å². The minimum absolute atomic E-state index is 0.0529. The second-order valence-corrected chi connectivity index (χ2v) is 7.27. The van der Waals surface area contributed by atoms with Gasteiger partial charge in [0.2, 0.25) is 5.91 Å². The quantitative estimate of drug-likeness (QED) is 0.798. The molecule has 1 aromatic rings. The lowest BCUT2D eigenvalue weighted by Crippen LogP contribution is -2.68. The van der Waals surface area contributed by atoms with E-state index in [4.69, 9.17) is 5.73 Å². The van der Waals surface area contributed by atoms with Gasteiger partial charge in [0, 0.05) is 22.5 Å². The number of aromatic nitrogens is 1. The zero-order chi connectivity index (χ0) is 16.6. The normalized spacial score (nSPS) is 23.9. The van der Waals surface area contributed by atoms with E-state index in [-0.39, 0.29) is 17.0 Å². The van der Waals surface area contributed by atoms with Crippen LogP contribution in [0.2, 0.25) is 0 Å². The van der Waals surface area contributed by atoms with Crippen LogP contribution in [0.5, 0.6) is 0 Å². The van der Waals surface area contributed by atoms with Crippen molar-refractivity contribution in [3.8, 4) is 0 Å². The number of carboxylic acids is 1. The Kier molecular flexibility index (Phi) is 4.47. The van der Waals surface area contributed by atoms with Crippen molar-refractivity contribution in [1.29, 1.82) is 0 Å². The lowest BCUT2D eigenvalue weighted by Gasteiger charge is -2.47. The maximum absolute atomic E-state index is 11.8. The molecular weight excluding hydrogens is 334 g/mol. The average molecular weight is 349 g/mol. The van der Waals surface area contributed by atoms with Crippen LogP contribution in [0.4, 0.5) is 0 Å². The van der Waals surface area contributed by atoms with E-state index in [0.29, 0.717) is 10.7 Å². The average Bonchev–Trinajstić information content (AvgIpc) is 2.55. The van der Waals surface area contributed by atoms with Crippen molar-refractivity contribution < 1.29 is 14.7 Å². The predicted molar refractivity (Wildman–Crippen MR) is 91.3 cm³/mol. The number of amides is 1. The number of thioether (sulfide) groups is 2. The number of rotatable bonds is 4. The van der Waals surface area contributed by atoms with Crippen molar-refractivity contribution in [1.82, 2.24) is 9.88 Å². The number of aryl methyl sites for hydroxylation is 1. The van der Waals surface area contributed by atoms with Gasteiger partial charge in [-0.3, -0.25) is 14.7 Å². The number of pyridine rings is 1. The smallest absolute Gasteiger partial charge is 0.353 e. The Labute approximate surface area is 141 Å². The molecule has 6 nitrogen and oxygen atoms in total. The van der Waals surface area contributed by atoms with Crippen LogP contribution in [0, 0.1) is 6.92 Å². The van der Waals surface area contributed by atoms with Crippen LogP contribution < -0.4 is 5.73 Å². The highest BCUT2D eigenvalue weighted by molar-refractivity contribution is 8.08. The van der Waals surface area contributed by atoms with E-state index >= 15 is 0 Å². The lowest BCUT2D eigenvalue weighted by atomic mass is 10.1. The number of nitrogens with two attached hydrogens (primary N) is 1. The third-order valence-corrected chi connectivity index (χ3v) is 5.96. The number of hydrogen-bond acceptors (Lipinski definition) is 6. The summed E-state index contributed by atoms with van der Waals surface area (Å²) < 4.78 is 0. The van der Waals surface area contributed by atoms with E-state index < -0.39 is 12.0 Å². The summed E-state index contributed by atoms with van der Waals surface area (Å²) in [6.45, 7) is 1.91. The highest BCUT2D eigenvalue weighted by Crippen LogP contribution is 2.42. The minimum atomic E-state index is -1.09. The zero-order valence-corrected chi connectivity index (χ0v) is 13.9. The SMILES string of the molecule is Cc1ccc(/C=C\SC2=C(C(=O)O)N3C(=O)C(N)[C@@H]3SC2)cn1. The first-order valence-corrected chi connectivity index (χ1v) is 8.84. The molecule has 1 unspecified atom stereocenters. The maximum Gasteiger partial charge on any atom is 0.353 e. The molecule has 0 aliphatic carbocycles. The summed E-state index contributed by atoms with van der Waals surface area (Å²) in [7, 11) is 0. The van der Waals surface area contributed by atoms with Crippen LogP contribution >= 0.6 is 23.5 Å². The third-order valence-electron chi connectivity index (χ3n) is 3.58. The molecule has 1 amide bonds. The van der Waals surface area contributed by atoms with E-state index in [1.807, 2.05) is 30.5 Å². The first-order chi connectivity index (χ1) is 11.0. The van der Waals surface area contributed by atoms with Gasteiger partial charge in [-0.15, -0.1) is 11.8 Å². The summed E-state index contributed by atoms with van der Waals surface area (Å²) in [6, 6.07) is 3.25. The molecule has 2 aliphatic heterocycles. The van der Waals surface area contributed by atoms with Crippen molar-refractivity contribution in [2.75, 3.05) is 5.75 Å². The Balaban J connectivity index is 1.78. The van der Waals surface area contributed by atoms with Gasteiger partial charge in [0.25, 0.3) is 0 Å². The van der Waals surface area contributed by atoms with Gasteiger partial charge in [-0.1, -0.05) is 17.8 Å². The topological polar surface area (TPSA) is 96.5 Å². The van der Waals surface area contributed by atoms with Gasteiger partial charge in [0.05, 0.1) is 0 Å². The number of hydrogen-bond donors (Lipinski definition) is 2. The molecule has 0 radical (unpaired) electrons. The first-order valence-electron chi connectivity index (χ1n) is 6.91. The molecular formula is C15H15N3O3S2.